The van der Waals surface area contributed by atoms with Gasteiger partial charge in [0.05, 0.1) is 11.1 Å². The Balaban J connectivity index is 2.55. The van der Waals surface area contributed by atoms with E-state index in [0.717, 1.165) is 12.1 Å². The molecule has 0 aromatic heterocycles. The van der Waals surface area contributed by atoms with Crippen molar-refractivity contribution < 1.29 is 23.1 Å². The molecule has 0 radical (unpaired) electrons. The van der Waals surface area contributed by atoms with Crippen LogP contribution < -0.4 is 0 Å². The van der Waals surface area contributed by atoms with Gasteiger partial charge in [-0.2, -0.15) is 13.2 Å². The van der Waals surface area contributed by atoms with Gasteiger partial charge in [-0.25, -0.2) is 4.79 Å². The van der Waals surface area contributed by atoms with Crippen molar-refractivity contribution >= 4 is 59.4 Å². The zero-order valence-corrected chi connectivity index (χ0v) is 14.4. The summed E-state index contributed by atoms with van der Waals surface area (Å²) >= 11 is 6.64. The van der Waals surface area contributed by atoms with Crippen molar-refractivity contribution in [3.05, 3.63) is 56.5 Å². The second kappa shape index (κ2) is 5.49. The molecule has 23 heavy (non-hydrogen) atoms. The summed E-state index contributed by atoms with van der Waals surface area (Å²) in [6, 6.07) is 7.93. The minimum Gasteiger partial charge on any atom is -0.478 e. The lowest BCUT2D eigenvalue weighted by Gasteiger charge is -2.13. The highest BCUT2D eigenvalue weighted by Crippen LogP contribution is 2.39. The molecule has 0 saturated carbocycles. The maximum absolute atomic E-state index is 13.0. The van der Waals surface area contributed by atoms with E-state index in [1.807, 2.05) is 0 Å². The quantitative estimate of drug-likeness (QED) is 0.448. The first-order valence-electron chi connectivity index (χ1n) is 6.34. The molecule has 118 valence electrons. The van der Waals surface area contributed by atoms with Crippen molar-refractivity contribution in [3.63, 3.8) is 0 Å². The van der Waals surface area contributed by atoms with Gasteiger partial charge in [-0.05, 0) is 46.5 Å². The lowest BCUT2D eigenvalue weighted by atomic mass is 9.95. The number of carboxylic acid groups (broad SMARTS) is 1. The van der Waals surface area contributed by atoms with Gasteiger partial charge in [-0.15, -0.1) is 0 Å². The number of benzene rings is 3. The summed E-state index contributed by atoms with van der Waals surface area (Å²) < 4.78 is 40.3. The predicted molar refractivity (Wildman–Crippen MR) is 88.8 cm³/mol. The summed E-state index contributed by atoms with van der Waals surface area (Å²) in [6.45, 7) is 0. The summed E-state index contributed by atoms with van der Waals surface area (Å²) in [5.41, 5.74) is -0.852. The average Bonchev–Trinajstić information content (AvgIpc) is 2.43. The second-order valence-electron chi connectivity index (χ2n) is 4.97. The lowest BCUT2D eigenvalue weighted by molar-refractivity contribution is -0.137. The Hall–Kier alpha value is -1.60. The van der Waals surface area contributed by atoms with Crippen LogP contribution in [0, 0.1) is 0 Å². The van der Waals surface area contributed by atoms with Crippen LogP contribution >= 0.6 is 31.9 Å². The SMILES string of the molecule is O=C(O)c1cc2cc(Br)cc(Br)c2c2cc(C(F)(F)F)ccc12. The Bertz CT molecular complexity index is 965. The Labute approximate surface area is 145 Å². The summed E-state index contributed by atoms with van der Waals surface area (Å²) in [6.07, 6.45) is -4.50. The number of alkyl halides is 3. The fourth-order valence-electron chi connectivity index (χ4n) is 2.56. The highest BCUT2D eigenvalue weighted by molar-refractivity contribution is 9.11. The second-order valence-corrected chi connectivity index (χ2v) is 6.74. The molecule has 0 aliphatic carbocycles. The van der Waals surface area contributed by atoms with Crippen LogP contribution in [-0.4, -0.2) is 11.1 Å². The molecule has 3 aromatic rings. The molecule has 0 aliphatic heterocycles. The Kier molecular flexibility index (Phi) is 3.88. The van der Waals surface area contributed by atoms with Gasteiger partial charge in [-0.1, -0.05) is 37.9 Å². The number of hydrogen-bond donors (Lipinski definition) is 1. The minimum absolute atomic E-state index is 0.0359. The molecule has 0 atom stereocenters. The molecule has 7 heteroatoms. The van der Waals surface area contributed by atoms with Crippen LogP contribution in [0.5, 0.6) is 0 Å². The highest BCUT2D eigenvalue weighted by atomic mass is 79.9. The van der Waals surface area contributed by atoms with Crippen molar-refractivity contribution in [1.29, 1.82) is 0 Å². The van der Waals surface area contributed by atoms with Crippen molar-refractivity contribution in [1.82, 2.24) is 0 Å². The van der Waals surface area contributed by atoms with Gasteiger partial charge in [0.15, 0.2) is 0 Å². The Morgan fingerprint density at radius 2 is 1.70 bits per heavy atom. The van der Waals surface area contributed by atoms with Crippen LogP contribution in [0.1, 0.15) is 15.9 Å². The number of aromatic carboxylic acids is 1. The molecule has 0 spiro atoms. The topological polar surface area (TPSA) is 37.3 Å². The maximum Gasteiger partial charge on any atom is 0.416 e. The number of carboxylic acids is 1. The van der Waals surface area contributed by atoms with Crippen LogP contribution in [-0.2, 0) is 6.18 Å². The number of halogens is 5. The molecule has 0 aliphatic rings. The monoisotopic (exact) mass is 446 g/mol. The molecule has 0 bridgehead atoms. The van der Waals surface area contributed by atoms with Crippen LogP contribution in [0.15, 0.2) is 45.3 Å². The van der Waals surface area contributed by atoms with Gasteiger partial charge in [-0.3, -0.25) is 0 Å². The average molecular weight is 448 g/mol. The van der Waals surface area contributed by atoms with Crippen molar-refractivity contribution in [2.75, 3.05) is 0 Å². The van der Waals surface area contributed by atoms with Gasteiger partial charge in [0.1, 0.15) is 0 Å². The largest absolute Gasteiger partial charge is 0.478 e. The first-order chi connectivity index (χ1) is 10.7. The summed E-state index contributed by atoms with van der Waals surface area (Å²) in [7, 11) is 0. The van der Waals surface area contributed by atoms with E-state index in [1.54, 1.807) is 12.1 Å². The third-order valence-electron chi connectivity index (χ3n) is 3.52. The van der Waals surface area contributed by atoms with Gasteiger partial charge in [0.2, 0.25) is 0 Å². The molecule has 3 aromatic carbocycles. The lowest BCUT2D eigenvalue weighted by Crippen LogP contribution is -2.05. The van der Waals surface area contributed by atoms with Gasteiger partial charge in [0.25, 0.3) is 0 Å². The molecule has 0 unspecified atom stereocenters. The molecule has 0 saturated heterocycles. The van der Waals surface area contributed by atoms with Crippen LogP contribution in [0.3, 0.4) is 0 Å². The Morgan fingerprint density at radius 3 is 2.30 bits per heavy atom. The van der Waals surface area contributed by atoms with Crippen LogP contribution in [0.4, 0.5) is 13.2 Å². The molecule has 1 N–H and O–H groups in total. The summed E-state index contributed by atoms with van der Waals surface area (Å²) in [5, 5.41) is 11.0. The van der Waals surface area contributed by atoms with E-state index in [2.05, 4.69) is 31.9 Å². The number of rotatable bonds is 1. The fourth-order valence-corrected chi connectivity index (χ4v) is 4.04. The minimum atomic E-state index is -4.50. The standard InChI is InChI=1S/C16H7Br2F3O2/c17-9-3-7-4-12(15(22)23)10-2-1-8(16(19,20)21)5-11(10)14(7)13(18)6-9/h1-6H,(H,22,23). The van der Waals surface area contributed by atoms with E-state index in [-0.39, 0.29) is 16.3 Å². The fraction of sp³-hybridized carbons (Fsp3) is 0.0625. The van der Waals surface area contributed by atoms with E-state index in [9.17, 15) is 23.1 Å². The molecule has 2 nitrogen and oxygen atoms in total. The molecule has 0 amide bonds. The van der Waals surface area contributed by atoms with E-state index in [1.165, 1.54) is 12.1 Å². The highest BCUT2D eigenvalue weighted by Gasteiger charge is 2.31. The van der Waals surface area contributed by atoms with E-state index >= 15 is 0 Å². The van der Waals surface area contributed by atoms with Crippen LogP contribution in [0.2, 0.25) is 0 Å². The molecular weight excluding hydrogens is 441 g/mol. The zero-order chi connectivity index (χ0) is 16.9. The van der Waals surface area contributed by atoms with Crippen molar-refractivity contribution in [3.8, 4) is 0 Å². The normalized spacial score (nSPS) is 12.0. The van der Waals surface area contributed by atoms with E-state index in [4.69, 9.17) is 0 Å². The number of carbonyl (C=O) groups is 1. The third kappa shape index (κ3) is 2.83. The predicted octanol–water partition coefficient (Wildman–Crippen LogP) is 6.24. The van der Waals surface area contributed by atoms with E-state index < -0.39 is 17.7 Å². The summed E-state index contributed by atoms with van der Waals surface area (Å²) in [4.78, 5) is 11.5. The maximum atomic E-state index is 13.0. The number of hydrogen-bond acceptors (Lipinski definition) is 1. The molecule has 0 heterocycles. The van der Waals surface area contributed by atoms with E-state index in [0.29, 0.717) is 19.7 Å². The Morgan fingerprint density at radius 1 is 1.00 bits per heavy atom. The molecular formula is C16H7Br2F3O2. The molecule has 3 rings (SSSR count). The first kappa shape index (κ1) is 16.3. The van der Waals surface area contributed by atoms with Gasteiger partial charge in [0, 0.05) is 14.3 Å². The summed E-state index contributed by atoms with van der Waals surface area (Å²) in [5.74, 6) is -1.19. The first-order valence-corrected chi connectivity index (χ1v) is 7.93. The number of fused-ring (bicyclic) bond motifs is 3. The van der Waals surface area contributed by atoms with Crippen LogP contribution in [0.25, 0.3) is 21.5 Å². The van der Waals surface area contributed by atoms with Crippen molar-refractivity contribution in [2.24, 2.45) is 0 Å². The third-order valence-corrected chi connectivity index (χ3v) is 4.61. The smallest absolute Gasteiger partial charge is 0.416 e. The zero-order valence-electron chi connectivity index (χ0n) is 11.2. The van der Waals surface area contributed by atoms with Gasteiger partial charge >= 0.3 is 12.1 Å². The molecule has 0 fully saturated rings. The van der Waals surface area contributed by atoms with Gasteiger partial charge < -0.3 is 5.11 Å². The van der Waals surface area contributed by atoms with Crippen molar-refractivity contribution in [2.45, 2.75) is 6.18 Å².